The summed E-state index contributed by atoms with van der Waals surface area (Å²) in [5.41, 5.74) is 0.603. The molecule has 1 saturated heterocycles. The van der Waals surface area contributed by atoms with E-state index in [1.54, 1.807) is 18.2 Å². The van der Waals surface area contributed by atoms with Crippen molar-refractivity contribution in [1.82, 2.24) is 10.6 Å². The fraction of sp³-hybridized carbons (Fsp3) is 0.462. The van der Waals surface area contributed by atoms with Gasteiger partial charge in [-0.1, -0.05) is 18.2 Å². The van der Waals surface area contributed by atoms with Crippen LogP contribution in [-0.4, -0.2) is 18.5 Å². The van der Waals surface area contributed by atoms with E-state index in [0.29, 0.717) is 5.56 Å². The molecule has 92 valence electrons. The van der Waals surface area contributed by atoms with Crippen LogP contribution in [0.1, 0.15) is 31.4 Å². The Balaban J connectivity index is 2.03. The first-order chi connectivity index (χ1) is 8.18. The van der Waals surface area contributed by atoms with Crippen molar-refractivity contribution >= 4 is 5.91 Å². The normalized spacial score (nSPS) is 22.0. The van der Waals surface area contributed by atoms with Gasteiger partial charge in [0.1, 0.15) is 5.82 Å². The molecule has 1 aromatic rings. The van der Waals surface area contributed by atoms with Crippen LogP contribution in [0.4, 0.5) is 4.39 Å². The van der Waals surface area contributed by atoms with Gasteiger partial charge in [-0.15, -0.1) is 0 Å². The Labute approximate surface area is 100 Å². The fourth-order valence-corrected chi connectivity index (χ4v) is 2.15. The summed E-state index contributed by atoms with van der Waals surface area (Å²) < 4.78 is 13.6. The smallest absolute Gasteiger partial charge is 0.237 e. The van der Waals surface area contributed by atoms with E-state index in [1.807, 2.05) is 6.92 Å². The van der Waals surface area contributed by atoms with Crippen molar-refractivity contribution in [2.45, 2.75) is 31.8 Å². The zero-order valence-corrected chi connectivity index (χ0v) is 9.87. The van der Waals surface area contributed by atoms with Crippen molar-refractivity contribution < 1.29 is 9.18 Å². The molecule has 1 fully saturated rings. The summed E-state index contributed by atoms with van der Waals surface area (Å²) in [5, 5.41) is 5.98. The highest BCUT2D eigenvalue weighted by atomic mass is 19.1. The summed E-state index contributed by atoms with van der Waals surface area (Å²) in [6, 6.07) is 6.28. The molecule has 2 N–H and O–H groups in total. The minimum absolute atomic E-state index is 0.0134. The third-order valence-electron chi connectivity index (χ3n) is 3.11. The molecule has 1 aromatic carbocycles. The molecule has 0 bridgehead atoms. The maximum atomic E-state index is 13.6. The van der Waals surface area contributed by atoms with Crippen LogP contribution in [0.15, 0.2) is 24.3 Å². The van der Waals surface area contributed by atoms with Gasteiger partial charge < -0.3 is 5.32 Å². The Hall–Kier alpha value is -1.42. The first-order valence-corrected chi connectivity index (χ1v) is 5.96. The quantitative estimate of drug-likeness (QED) is 0.839. The Kier molecular flexibility index (Phi) is 3.74. The second-order valence-electron chi connectivity index (χ2n) is 4.40. The standard InChI is InChI=1S/C13H17FN2O/c1-9(10-5-2-3-6-11(10)14)16-12-7-4-8-15-13(12)17/h2-3,5-6,9,12,16H,4,7-8H2,1H3,(H,15,17). The lowest BCUT2D eigenvalue weighted by atomic mass is 10.0. The van der Waals surface area contributed by atoms with Crippen molar-refractivity contribution in [1.29, 1.82) is 0 Å². The molecule has 2 unspecified atom stereocenters. The number of benzene rings is 1. The summed E-state index contributed by atoms with van der Waals surface area (Å²) in [5.74, 6) is -0.219. The molecule has 1 aliphatic heterocycles. The minimum atomic E-state index is -0.233. The number of carbonyl (C=O) groups excluding carboxylic acids is 1. The second kappa shape index (κ2) is 5.27. The van der Waals surface area contributed by atoms with E-state index in [2.05, 4.69) is 10.6 Å². The molecule has 4 heteroatoms. The van der Waals surface area contributed by atoms with Gasteiger partial charge >= 0.3 is 0 Å². The largest absolute Gasteiger partial charge is 0.355 e. The van der Waals surface area contributed by atoms with E-state index in [4.69, 9.17) is 0 Å². The fourth-order valence-electron chi connectivity index (χ4n) is 2.15. The number of rotatable bonds is 3. The molecule has 1 heterocycles. The highest BCUT2D eigenvalue weighted by Gasteiger charge is 2.24. The van der Waals surface area contributed by atoms with E-state index < -0.39 is 0 Å². The number of hydrogen-bond acceptors (Lipinski definition) is 2. The second-order valence-corrected chi connectivity index (χ2v) is 4.40. The minimum Gasteiger partial charge on any atom is -0.355 e. The van der Waals surface area contributed by atoms with Crippen LogP contribution >= 0.6 is 0 Å². The number of amides is 1. The van der Waals surface area contributed by atoms with Gasteiger partial charge in [0.25, 0.3) is 0 Å². The van der Waals surface area contributed by atoms with E-state index in [9.17, 15) is 9.18 Å². The van der Waals surface area contributed by atoms with E-state index >= 15 is 0 Å². The van der Waals surface area contributed by atoms with Crippen molar-refractivity contribution in [3.63, 3.8) is 0 Å². The summed E-state index contributed by atoms with van der Waals surface area (Å²) in [6.45, 7) is 2.62. The molecule has 2 atom stereocenters. The van der Waals surface area contributed by atoms with Crippen molar-refractivity contribution in [2.24, 2.45) is 0 Å². The lowest BCUT2D eigenvalue weighted by Crippen LogP contribution is -2.48. The van der Waals surface area contributed by atoms with Crippen LogP contribution in [0.2, 0.25) is 0 Å². The topological polar surface area (TPSA) is 41.1 Å². The lowest BCUT2D eigenvalue weighted by molar-refractivity contribution is -0.124. The Bertz CT molecular complexity index is 408. The molecule has 1 aliphatic rings. The first kappa shape index (κ1) is 12.0. The highest BCUT2D eigenvalue weighted by molar-refractivity contribution is 5.82. The Morgan fingerprint density at radius 2 is 2.24 bits per heavy atom. The van der Waals surface area contributed by atoms with Crippen LogP contribution in [-0.2, 0) is 4.79 Å². The van der Waals surface area contributed by atoms with Gasteiger partial charge in [0.05, 0.1) is 6.04 Å². The molecule has 0 radical (unpaired) electrons. The number of hydrogen-bond donors (Lipinski definition) is 2. The monoisotopic (exact) mass is 236 g/mol. The lowest BCUT2D eigenvalue weighted by Gasteiger charge is -2.26. The van der Waals surface area contributed by atoms with E-state index in [1.165, 1.54) is 6.07 Å². The third-order valence-corrected chi connectivity index (χ3v) is 3.11. The van der Waals surface area contributed by atoms with Gasteiger partial charge in [0.15, 0.2) is 0 Å². The molecule has 0 aliphatic carbocycles. The molecule has 2 rings (SSSR count). The first-order valence-electron chi connectivity index (χ1n) is 5.96. The SMILES string of the molecule is CC(NC1CCCNC1=O)c1ccccc1F. The summed E-state index contributed by atoms with van der Waals surface area (Å²) in [4.78, 5) is 11.6. The molecule has 1 amide bonds. The maximum absolute atomic E-state index is 13.6. The zero-order valence-electron chi connectivity index (χ0n) is 9.87. The van der Waals surface area contributed by atoms with Gasteiger partial charge in [-0.2, -0.15) is 0 Å². The number of carbonyl (C=O) groups is 1. The Morgan fingerprint density at radius 3 is 2.94 bits per heavy atom. The summed E-state index contributed by atoms with van der Waals surface area (Å²) in [7, 11) is 0. The van der Waals surface area contributed by atoms with Gasteiger partial charge in [0, 0.05) is 18.2 Å². The number of piperidine rings is 1. The van der Waals surface area contributed by atoms with Gasteiger partial charge in [-0.25, -0.2) is 4.39 Å². The number of nitrogens with one attached hydrogen (secondary N) is 2. The van der Waals surface area contributed by atoms with Crippen LogP contribution in [0.3, 0.4) is 0 Å². The third kappa shape index (κ3) is 2.82. The molecular weight excluding hydrogens is 219 g/mol. The molecular formula is C13H17FN2O. The van der Waals surface area contributed by atoms with Crippen molar-refractivity contribution in [3.05, 3.63) is 35.6 Å². The molecule has 17 heavy (non-hydrogen) atoms. The average molecular weight is 236 g/mol. The van der Waals surface area contributed by atoms with Crippen LogP contribution < -0.4 is 10.6 Å². The summed E-state index contributed by atoms with van der Waals surface area (Å²) in [6.07, 6.45) is 1.78. The van der Waals surface area contributed by atoms with E-state index in [-0.39, 0.29) is 23.8 Å². The predicted octanol–water partition coefficient (Wildman–Crippen LogP) is 1.75. The highest BCUT2D eigenvalue weighted by Crippen LogP contribution is 2.18. The predicted molar refractivity (Wildman–Crippen MR) is 64.0 cm³/mol. The number of halogens is 1. The summed E-state index contributed by atoms with van der Waals surface area (Å²) >= 11 is 0. The van der Waals surface area contributed by atoms with Crippen LogP contribution in [0.5, 0.6) is 0 Å². The van der Waals surface area contributed by atoms with Crippen molar-refractivity contribution in [3.8, 4) is 0 Å². The van der Waals surface area contributed by atoms with Crippen LogP contribution in [0, 0.1) is 5.82 Å². The molecule has 0 aromatic heterocycles. The van der Waals surface area contributed by atoms with Gasteiger partial charge in [0.2, 0.25) is 5.91 Å². The molecule has 0 saturated carbocycles. The molecule has 0 spiro atoms. The van der Waals surface area contributed by atoms with Gasteiger partial charge in [-0.05, 0) is 25.8 Å². The average Bonchev–Trinajstić information content (AvgIpc) is 2.32. The van der Waals surface area contributed by atoms with E-state index in [0.717, 1.165) is 19.4 Å². The van der Waals surface area contributed by atoms with Crippen LogP contribution in [0.25, 0.3) is 0 Å². The maximum Gasteiger partial charge on any atom is 0.237 e. The Morgan fingerprint density at radius 1 is 1.47 bits per heavy atom. The molecule has 3 nitrogen and oxygen atoms in total. The van der Waals surface area contributed by atoms with Gasteiger partial charge in [-0.3, -0.25) is 10.1 Å². The van der Waals surface area contributed by atoms with Crippen molar-refractivity contribution in [2.75, 3.05) is 6.54 Å². The zero-order chi connectivity index (χ0) is 12.3.